The Morgan fingerprint density at radius 2 is 1.66 bits per heavy atom. The molecule has 162 valence electrons. The number of methoxy groups -OCH3 is 1. The second kappa shape index (κ2) is 10.3. The summed E-state index contributed by atoms with van der Waals surface area (Å²) in [6.45, 7) is 0.177. The van der Waals surface area contributed by atoms with E-state index in [9.17, 15) is 4.79 Å². The highest BCUT2D eigenvalue weighted by atomic mass is 35.5. The van der Waals surface area contributed by atoms with Gasteiger partial charge in [-0.25, -0.2) is 0 Å². The molecule has 4 rings (SSSR count). The summed E-state index contributed by atoms with van der Waals surface area (Å²) in [6.07, 6.45) is 0. The lowest BCUT2D eigenvalue weighted by atomic mass is 10.3. The SMILES string of the molecule is COc1ccccc1OCc1ccc(C(=O)Nc2ccccc2Sc2ccc(Cl)cc2)o1. The molecule has 1 amide bonds. The van der Waals surface area contributed by atoms with Gasteiger partial charge in [0, 0.05) is 14.8 Å². The van der Waals surface area contributed by atoms with E-state index in [1.807, 2.05) is 72.8 Å². The maximum Gasteiger partial charge on any atom is 0.291 e. The van der Waals surface area contributed by atoms with E-state index < -0.39 is 0 Å². The standard InChI is InChI=1S/C25H20ClNO4S/c1-29-21-7-3-4-8-22(21)30-16-18-12-15-23(31-18)25(28)27-20-6-2-5-9-24(20)32-19-13-10-17(26)11-14-19/h2-15H,16H2,1H3,(H,27,28). The lowest BCUT2D eigenvalue weighted by Gasteiger charge is -2.10. The van der Waals surface area contributed by atoms with Crippen molar-refractivity contribution >= 4 is 35.0 Å². The zero-order chi connectivity index (χ0) is 22.3. The normalized spacial score (nSPS) is 10.6. The van der Waals surface area contributed by atoms with Gasteiger partial charge in [-0.15, -0.1) is 0 Å². The molecule has 0 unspecified atom stereocenters. The minimum atomic E-state index is -0.335. The van der Waals surface area contributed by atoms with Crippen molar-refractivity contribution in [3.63, 3.8) is 0 Å². The van der Waals surface area contributed by atoms with Crippen molar-refractivity contribution in [3.8, 4) is 11.5 Å². The first-order valence-electron chi connectivity index (χ1n) is 9.81. The third-order valence-electron chi connectivity index (χ3n) is 4.50. The van der Waals surface area contributed by atoms with Crippen LogP contribution in [0.25, 0.3) is 0 Å². The molecule has 32 heavy (non-hydrogen) atoms. The first-order chi connectivity index (χ1) is 15.6. The maximum atomic E-state index is 12.8. The minimum Gasteiger partial charge on any atom is -0.493 e. The van der Waals surface area contributed by atoms with Crippen molar-refractivity contribution in [2.24, 2.45) is 0 Å². The van der Waals surface area contributed by atoms with E-state index in [1.165, 1.54) is 11.8 Å². The number of carbonyl (C=O) groups is 1. The summed E-state index contributed by atoms with van der Waals surface area (Å²) in [6, 6.07) is 25.8. The fourth-order valence-corrected chi connectivity index (χ4v) is 3.96. The fourth-order valence-electron chi connectivity index (χ4n) is 2.94. The molecule has 4 aromatic rings. The topological polar surface area (TPSA) is 60.7 Å². The number of ether oxygens (including phenoxy) is 2. The second-order valence-electron chi connectivity index (χ2n) is 6.71. The summed E-state index contributed by atoms with van der Waals surface area (Å²) < 4.78 is 16.7. The molecule has 0 atom stereocenters. The van der Waals surface area contributed by atoms with Gasteiger partial charge in [0.05, 0.1) is 12.8 Å². The predicted molar refractivity (Wildman–Crippen MR) is 126 cm³/mol. The Labute approximate surface area is 195 Å². The summed E-state index contributed by atoms with van der Waals surface area (Å²) in [5.74, 6) is 1.63. The summed E-state index contributed by atoms with van der Waals surface area (Å²) in [4.78, 5) is 14.7. The van der Waals surface area contributed by atoms with Crippen LogP contribution in [0.5, 0.6) is 11.5 Å². The number of hydrogen-bond donors (Lipinski definition) is 1. The van der Waals surface area contributed by atoms with Gasteiger partial charge in [-0.1, -0.05) is 47.6 Å². The molecule has 0 spiro atoms. The van der Waals surface area contributed by atoms with Gasteiger partial charge in [0.25, 0.3) is 5.91 Å². The average molecular weight is 466 g/mol. The van der Waals surface area contributed by atoms with E-state index in [2.05, 4.69) is 5.32 Å². The molecule has 0 aliphatic rings. The first kappa shape index (κ1) is 21.9. The quantitative estimate of drug-likeness (QED) is 0.306. The van der Waals surface area contributed by atoms with E-state index >= 15 is 0 Å². The van der Waals surface area contributed by atoms with Crippen LogP contribution in [-0.4, -0.2) is 13.0 Å². The van der Waals surface area contributed by atoms with E-state index in [1.54, 1.807) is 19.2 Å². The Hall–Kier alpha value is -3.35. The van der Waals surface area contributed by atoms with Gasteiger partial charge in [-0.2, -0.15) is 0 Å². The van der Waals surface area contributed by atoms with Gasteiger partial charge in [0.15, 0.2) is 17.3 Å². The molecule has 0 radical (unpaired) electrons. The number of nitrogens with one attached hydrogen (secondary N) is 1. The van der Waals surface area contributed by atoms with E-state index in [-0.39, 0.29) is 18.3 Å². The molecule has 3 aromatic carbocycles. The summed E-state index contributed by atoms with van der Waals surface area (Å²) in [5, 5.41) is 3.60. The molecule has 1 aromatic heterocycles. The molecular weight excluding hydrogens is 446 g/mol. The van der Waals surface area contributed by atoms with Gasteiger partial charge in [0.1, 0.15) is 12.4 Å². The number of amides is 1. The number of carbonyl (C=O) groups excluding carboxylic acids is 1. The zero-order valence-electron chi connectivity index (χ0n) is 17.2. The molecule has 0 aliphatic carbocycles. The van der Waals surface area contributed by atoms with Crippen molar-refractivity contribution in [2.75, 3.05) is 12.4 Å². The fraction of sp³-hybridized carbons (Fsp3) is 0.0800. The van der Waals surface area contributed by atoms with E-state index in [0.717, 1.165) is 9.79 Å². The van der Waals surface area contributed by atoms with Crippen molar-refractivity contribution in [1.29, 1.82) is 0 Å². The lowest BCUT2D eigenvalue weighted by Crippen LogP contribution is -2.11. The molecule has 5 nitrogen and oxygen atoms in total. The highest BCUT2D eigenvalue weighted by molar-refractivity contribution is 7.99. The van der Waals surface area contributed by atoms with Gasteiger partial charge in [-0.3, -0.25) is 4.79 Å². The number of benzene rings is 3. The molecule has 0 fully saturated rings. The molecule has 0 saturated heterocycles. The van der Waals surface area contributed by atoms with Crippen molar-refractivity contribution in [1.82, 2.24) is 0 Å². The Kier molecular flexibility index (Phi) is 7.04. The first-order valence-corrected chi connectivity index (χ1v) is 11.0. The van der Waals surface area contributed by atoms with Crippen molar-refractivity contribution < 1.29 is 18.7 Å². The number of anilines is 1. The number of rotatable bonds is 8. The van der Waals surface area contributed by atoms with Crippen LogP contribution in [0.1, 0.15) is 16.3 Å². The van der Waals surface area contributed by atoms with Crippen LogP contribution in [0.2, 0.25) is 5.02 Å². The Morgan fingerprint density at radius 3 is 2.44 bits per heavy atom. The van der Waals surface area contributed by atoms with Crippen molar-refractivity contribution in [2.45, 2.75) is 16.4 Å². The molecule has 0 aliphatic heterocycles. The number of furan rings is 1. The summed E-state index contributed by atoms with van der Waals surface area (Å²) >= 11 is 7.50. The van der Waals surface area contributed by atoms with E-state index in [4.69, 9.17) is 25.5 Å². The maximum absolute atomic E-state index is 12.8. The Balaban J connectivity index is 1.42. The van der Waals surface area contributed by atoms with Gasteiger partial charge < -0.3 is 19.2 Å². The molecular formula is C25H20ClNO4S. The summed E-state index contributed by atoms with van der Waals surface area (Å²) in [7, 11) is 1.58. The Bertz CT molecular complexity index is 1210. The molecule has 0 saturated carbocycles. The minimum absolute atomic E-state index is 0.177. The number of halogens is 1. The average Bonchev–Trinajstić information content (AvgIpc) is 3.30. The molecule has 1 N–H and O–H groups in total. The van der Waals surface area contributed by atoms with Crippen LogP contribution in [-0.2, 0) is 6.61 Å². The zero-order valence-corrected chi connectivity index (χ0v) is 18.8. The third kappa shape index (κ3) is 5.46. The van der Waals surface area contributed by atoms with Crippen LogP contribution in [0, 0.1) is 0 Å². The molecule has 7 heteroatoms. The lowest BCUT2D eigenvalue weighted by molar-refractivity contribution is 0.0992. The van der Waals surface area contributed by atoms with Crippen molar-refractivity contribution in [3.05, 3.63) is 101 Å². The van der Waals surface area contributed by atoms with Crippen LogP contribution < -0.4 is 14.8 Å². The van der Waals surface area contributed by atoms with Gasteiger partial charge >= 0.3 is 0 Å². The second-order valence-corrected chi connectivity index (χ2v) is 8.26. The van der Waals surface area contributed by atoms with Crippen LogP contribution in [0.3, 0.4) is 0 Å². The molecule has 0 bridgehead atoms. The predicted octanol–water partition coefficient (Wildman–Crippen LogP) is 6.92. The largest absolute Gasteiger partial charge is 0.493 e. The van der Waals surface area contributed by atoms with E-state index in [0.29, 0.717) is 28.0 Å². The highest BCUT2D eigenvalue weighted by Gasteiger charge is 2.15. The smallest absolute Gasteiger partial charge is 0.291 e. The Morgan fingerprint density at radius 1 is 0.938 bits per heavy atom. The van der Waals surface area contributed by atoms with Crippen LogP contribution >= 0.6 is 23.4 Å². The third-order valence-corrected chi connectivity index (χ3v) is 5.84. The van der Waals surface area contributed by atoms with Gasteiger partial charge in [-0.05, 0) is 60.7 Å². The monoisotopic (exact) mass is 465 g/mol. The molecule has 1 heterocycles. The number of hydrogen-bond acceptors (Lipinski definition) is 5. The summed E-state index contributed by atoms with van der Waals surface area (Å²) in [5.41, 5.74) is 0.695. The number of para-hydroxylation sites is 3. The van der Waals surface area contributed by atoms with Crippen LogP contribution in [0.4, 0.5) is 5.69 Å². The van der Waals surface area contributed by atoms with Gasteiger partial charge in [0.2, 0.25) is 0 Å². The highest BCUT2D eigenvalue weighted by Crippen LogP contribution is 2.34. The van der Waals surface area contributed by atoms with Crippen LogP contribution in [0.15, 0.2) is 99.1 Å².